The van der Waals surface area contributed by atoms with Crippen molar-refractivity contribution in [2.24, 2.45) is 0 Å². The first-order chi connectivity index (χ1) is 10.0. The van der Waals surface area contributed by atoms with Gasteiger partial charge in [-0.3, -0.25) is 9.69 Å². The number of aliphatic hydroxyl groups is 1. The van der Waals surface area contributed by atoms with E-state index >= 15 is 0 Å². The minimum atomic E-state index is -0.497. The van der Waals surface area contributed by atoms with Crippen LogP contribution in [0.25, 0.3) is 5.57 Å². The van der Waals surface area contributed by atoms with Crippen molar-refractivity contribution in [3.63, 3.8) is 0 Å². The Kier molecular flexibility index (Phi) is 3.68. The van der Waals surface area contributed by atoms with Crippen molar-refractivity contribution in [1.82, 2.24) is 4.90 Å². The zero-order valence-corrected chi connectivity index (χ0v) is 12.3. The third kappa shape index (κ3) is 2.32. The van der Waals surface area contributed by atoms with E-state index in [4.69, 9.17) is 0 Å². The van der Waals surface area contributed by atoms with Gasteiger partial charge < -0.3 is 5.11 Å². The van der Waals surface area contributed by atoms with Crippen LogP contribution < -0.4 is 0 Å². The maximum atomic E-state index is 13.1. The minimum Gasteiger partial charge on any atom is -0.391 e. The number of rotatable bonds is 3. The monoisotopic (exact) mass is 289 g/mol. The summed E-state index contributed by atoms with van der Waals surface area (Å²) in [6.45, 7) is 1.84. The van der Waals surface area contributed by atoms with Crippen molar-refractivity contribution >= 4 is 11.4 Å². The number of hydrogen-bond donors (Lipinski definition) is 1. The third-order valence-electron chi connectivity index (χ3n) is 4.77. The van der Waals surface area contributed by atoms with Crippen molar-refractivity contribution in [2.45, 2.75) is 44.4 Å². The summed E-state index contributed by atoms with van der Waals surface area (Å²) in [7, 11) is 1.97. The van der Waals surface area contributed by atoms with E-state index in [9.17, 15) is 14.3 Å². The molecule has 112 valence electrons. The van der Waals surface area contributed by atoms with Crippen LogP contribution in [0.1, 0.15) is 31.7 Å². The summed E-state index contributed by atoms with van der Waals surface area (Å²) in [6, 6.07) is 6.32. The highest BCUT2D eigenvalue weighted by Gasteiger charge is 2.46. The molecular formula is C17H20FNO2. The van der Waals surface area contributed by atoms with Gasteiger partial charge in [-0.2, -0.15) is 0 Å². The van der Waals surface area contributed by atoms with Crippen molar-refractivity contribution in [3.8, 4) is 0 Å². The summed E-state index contributed by atoms with van der Waals surface area (Å²) in [6.07, 6.45) is 1.34. The van der Waals surface area contributed by atoms with Crippen LogP contribution in [0.5, 0.6) is 0 Å². The van der Waals surface area contributed by atoms with Gasteiger partial charge in [-0.15, -0.1) is 0 Å². The van der Waals surface area contributed by atoms with E-state index in [1.807, 2.05) is 14.0 Å². The van der Waals surface area contributed by atoms with Gasteiger partial charge in [0.05, 0.1) is 12.1 Å². The Labute approximate surface area is 124 Å². The first-order valence-corrected chi connectivity index (χ1v) is 7.45. The fourth-order valence-electron chi connectivity index (χ4n) is 3.67. The summed E-state index contributed by atoms with van der Waals surface area (Å²) in [5.41, 5.74) is 2.59. The molecule has 2 heterocycles. The Morgan fingerprint density at radius 3 is 2.67 bits per heavy atom. The molecule has 1 fully saturated rings. The minimum absolute atomic E-state index is 0.0746. The maximum Gasteiger partial charge on any atom is 0.160 e. The van der Waals surface area contributed by atoms with Gasteiger partial charge in [-0.25, -0.2) is 4.39 Å². The molecule has 0 spiro atoms. The predicted octanol–water partition coefficient (Wildman–Crippen LogP) is 2.40. The highest BCUT2D eigenvalue weighted by molar-refractivity contribution is 6.04. The topological polar surface area (TPSA) is 40.5 Å². The molecule has 0 radical (unpaired) electrons. The molecule has 0 aliphatic carbocycles. The standard InChI is InChI=1S/C17H20FNO2/c1-3-14(20)16-13(10-4-6-11(18)7-5-10)8-12-9-15(21)17(16)19(12)2/h4-7,12,15,17,21H,3,8-9H2,1-2H3/t12?,15?,17-/m1/s1. The number of carbonyl (C=O) groups excluding carboxylic acids is 1. The smallest absolute Gasteiger partial charge is 0.160 e. The van der Waals surface area contributed by atoms with Crippen LogP contribution in [0.4, 0.5) is 4.39 Å². The number of fused-ring (bicyclic) bond motifs is 2. The normalized spacial score (nSPS) is 29.0. The number of aliphatic hydroxyl groups excluding tert-OH is 1. The number of carbonyl (C=O) groups is 1. The fourth-order valence-corrected chi connectivity index (χ4v) is 3.67. The fraction of sp³-hybridized carbons (Fsp3) is 0.471. The van der Waals surface area contributed by atoms with Crippen molar-refractivity contribution in [2.75, 3.05) is 7.05 Å². The molecule has 2 unspecified atom stereocenters. The van der Waals surface area contributed by atoms with Gasteiger partial charge in [0, 0.05) is 18.0 Å². The number of nitrogens with zero attached hydrogens (tertiary/aromatic N) is 1. The number of ketones is 1. The molecule has 3 rings (SSSR count). The Morgan fingerprint density at radius 2 is 2.05 bits per heavy atom. The molecule has 3 atom stereocenters. The van der Waals surface area contributed by atoms with Gasteiger partial charge in [0.25, 0.3) is 0 Å². The number of benzene rings is 1. The molecule has 4 heteroatoms. The molecule has 2 aliphatic rings. The molecular weight excluding hydrogens is 269 g/mol. The molecule has 0 aromatic heterocycles. The average molecular weight is 289 g/mol. The van der Waals surface area contributed by atoms with E-state index in [2.05, 4.69) is 4.90 Å². The van der Waals surface area contributed by atoms with Crippen LogP contribution in [0.3, 0.4) is 0 Å². The molecule has 2 aliphatic heterocycles. The predicted molar refractivity (Wildman–Crippen MR) is 79.2 cm³/mol. The zero-order chi connectivity index (χ0) is 15.1. The second kappa shape index (κ2) is 5.35. The second-order valence-corrected chi connectivity index (χ2v) is 5.95. The number of likely N-dealkylation sites (N-methyl/N-ethyl adjacent to an activating group) is 1. The van der Waals surface area contributed by atoms with E-state index in [1.54, 1.807) is 12.1 Å². The van der Waals surface area contributed by atoms with Crippen LogP contribution in [0, 0.1) is 5.82 Å². The van der Waals surface area contributed by atoms with Gasteiger partial charge in [0.2, 0.25) is 0 Å². The lowest BCUT2D eigenvalue weighted by Crippen LogP contribution is -2.43. The molecule has 3 nitrogen and oxygen atoms in total. The van der Waals surface area contributed by atoms with Crippen LogP contribution in [-0.2, 0) is 4.79 Å². The van der Waals surface area contributed by atoms with Crippen LogP contribution in [0.2, 0.25) is 0 Å². The number of halogens is 1. The van der Waals surface area contributed by atoms with E-state index in [-0.39, 0.29) is 23.7 Å². The van der Waals surface area contributed by atoms with E-state index in [0.29, 0.717) is 18.4 Å². The molecule has 1 aromatic rings. The number of hydrogen-bond acceptors (Lipinski definition) is 3. The quantitative estimate of drug-likeness (QED) is 0.929. The summed E-state index contributed by atoms with van der Waals surface area (Å²) in [4.78, 5) is 14.5. The van der Waals surface area contributed by atoms with Crippen LogP contribution >= 0.6 is 0 Å². The first-order valence-electron chi connectivity index (χ1n) is 7.45. The Morgan fingerprint density at radius 1 is 1.38 bits per heavy atom. The highest BCUT2D eigenvalue weighted by Crippen LogP contribution is 2.42. The van der Waals surface area contributed by atoms with Gasteiger partial charge in [-0.05, 0) is 43.2 Å². The largest absolute Gasteiger partial charge is 0.391 e. The summed E-state index contributed by atoms with van der Waals surface area (Å²) in [5, 5.41) is 10.3. The summed E-state index contributed by atoms with van der Waals surface area (Å²) in [5.74, 6) is -0.204. The van der Waals surface area contributed by atoms with E-state index < -0.39 is 6.10 Å². The lowest BCUT2D eigenvalue weighted by Gasteiger charge is -2.35. The van der Waals surface area contributed by atoms with E-state index in [1.165, 1.54) is 12.1 Å². The van der Waals surface area contributed by atoms with Crippen molar-refractivity contribution in [3.05, 3.63) is 41.2 Å². The van der Waals surface area contributed by atoms with Gasteiger partial charge in [0.1, 0.15) is 5.82 Å². The molecule has 0 amide bonds. The molecule has 2 bridgehead atoms. The average Bonchev–Trinajstić information content (AvgIpc) is 2.66. The van der Waals surface area contributed by atoms with Crippen molar-refractivity contribution < 1.29 is 14.3 Å². The molecule has 1 aromatic carbocycles. The second-order valence-electron chi connectivity index (χ2n) is 5.95. The van der Waals surface area contributed by atoms with Gasteiger partial charge in [-0.1, -0.05) is 19.1 Å². The summed E-state index contributed by atoms with van der Waals surface area (Å²) >= 11 is 0. The van der Waals surface area contributed by atoms with E-state index in [0.717, 1.165) is 17.6 Å². The van der Waals surface area contributed by atoms with Gasteiger partial charge >= 0.3 is 0 Å². The Bertz CT molecular complexity index is 593. The van der Waals surface area contributed by atoms with Crippen LogP contribution in [-0.4, -0.2) is 41.0 Å². The zero-order valence-electron chi connectivity index (χ0n) is 12.3. The summed E-state index contributed by atoms with van der Waals surface area (Å²) < 4.78 is 13.1. The van der Waals surface area contributed by atoms with Crippen molar-refractivity contribution in [1.29, 1.82) is 0 Å². The third-order valence-corrected chi connectivity index (χ3v) is 4.77. The molecule has 1 saturated heterocycles. The highest BCUT2D eigenvalue weighted by atomic mass is 19.1. The van der Waals surface area contributed by atoms with Crippen LogP contribution in [0.15, 0.2) is 29.8 Å². The lowest BCUT2D eigenvalue weighted by atomic mass is 9.85. The first kappa shape index (κ1) is 14.4. The number of Topliss-reactive ketones (excluding diaryl/α,β-unsaturated/α-hetero) is 1. The molecule has 1 N–H and O–H groups in total. The Balaban J connectivity index is 2.13. The SMILES string of the molecule is CCC(=O)C1=C(c2ccc(F)cc2)CC2CC(O)[C@H]1N2C. The maximum absolute atomic E-state index is 13.1. The molecule has 0 saturated carbocycles. The Hall–Kier alpha value is -1.52. The molecule has 21 heavy (non-hydrogen) atoms. The lowest BCUT2D eigenvalue weighted by molar-refractivity contribution is -0.116. The van der Waals surface area contributed by atoms with Gasteiger partial charge in [0.15, 0.2) is 5.78 Å².